The van der Waals surface area contributed by atoms with Crippen molar-refractivity contribution >= 4 is 5.78 Å². The number of hydrogen-bond donors (Lipinski definition) is 1. The number of aryl methyl sites for hydroxylation is 1. The van der Waals surface area contributed by atoms with E-state index in [9.17, 15) is 9.90 Å². The fourth-order valence-electron chi connectivity index (χ4n) is 7.36. The van der Waals surface area contributed by atoms with Crippen molar-refractivity contribution in [2.75, 3.05) is 0 Å². The summed E-state index contributed by atoms with van der Waals surface area (Å²) in [7, 11) is 0. The minimum atomic E-state index is -0.900. The average Bonchev–Trinajstić information content (AvgIpc) is 3.03. The third kappa shape index (κ3) is 3.08. The molecule has 0 amide bonds. The van der Waals surface area contributed by atoms with E-state index in [0.29, 0.717) is 24.2 Å². The van der Waals surface area contributed by atoms with Crippen molar-refractivity contribution in [2.24, 2.45) is 17.3 Å². The van der Waals surface area contributed by atoms with Crippen LogP contribution in [0.15, 0.2) is 47.1 Å². The molecule has 1 aromatic rings. The summed E-state index contributed by atoms with van der Waals surface area (Å²) in [5.74, 6) is 7.82. The molecule has 0 saturated heterocycles. The SMILES string of the molecule is CC#C[C@]1(O)CCC2C3CCC4=CC(=O)CCC4=C3[C@@H](c3ccc(CC)cc3)C[C@@]21C. The predicted molar refractivity (Wildman–Crippen MR) is 124 cm³/mol. The van der Waals surface area contributed by atoms with Crippen molar-refractivity contribution in [3.8, 4) is 11.8 Å². The van der Waals surface area contributed by atoms with E-state index in [2.05, 4.69) is 50.0 Å². The Balaban J connectivity index is 1.68. The first-order chi connectivity index (χ1) is 14.9. The van der Waals surface area contributed by atoms with Crippen LogP contribution in [-0.4, -0.2) is 16.5 Å². The number of benzene rings is 1. The first kappa shape index (κ1) is 20.8. The maximum Gasteiger partial charge on any atom is 0.156 e. The van der Waals surface area contributed by atoms with Gasteiger partial charge in [-0.1, -0.05) is 49.6 Å². The number of ketones is 1. The van der Waals surface area contributed by atoms with Crippen LogP contribution in [-0.2, 0) is 11.2 Å². The Bertz CT molecular complexity index is 1030. The van der Waals surface area contributed by atoms with Crippen LogP contribution in [0.25, 0.3) is 0 Å². The van der Waals surface area contributed by atoms with Gasteiger partial charge >= 0.3 is 0 Å². The summed E-state index contributed by atoms with van der Waals surface area (Å²) in [6, 6.07) is 9.15. The molecular formula is C29H34O2. The summed E-state index contributed by atoms with van der Waals surface area (Å²) >= 11 is 0. The molecular weight excluding hydrogens is 380 g/mol. The Kier molecular flexibility index (Phi) is 5.02. The van der Waals surface area contributed by atoms with Crippen LogP contribution in [0.2, 0.25) is 0 Å². The van der Waals surface area contributed by atoms with Gasteiger partial charge in [0, 0.05) is 17.8 Å². The lowest BCUT2D eigenvalue weighted by Crippen LogP contribution is -2.51. The van der Waals surface area contributed by atoms with Crippen molar-refractivity contribution in [2.45, 2.75) is 83.7 Å². The second kappa shape index (κ2) is 7.49. The third-order valence-electron chi connectivity index (χ3n) is 9.01. The van der Waals surface area contributed by atoms with Crippen LogP contribution in [0.4, 0.5) is 0 Å². The number of carbonyl (C=O) groups is 1. The van der Waals surface area contributed by atoms with Gasteiger partial charge in [0.05, 0.1) is 0 Å². The van der Waals surface area contributed by atoms with Crippen LogP contribution >= 0.6 is 0 Å². The number of hydrogen-bond acceptors (Lipinski definition) is 2. The number of fused-ring (bicyclic) bond motifs is 4. The lowest BCUT2D eigenvalue weighted by Gasteiger charge is -2.53. The molecule has 5 rings (SSSR count). The van der Waals surface area contributed by atoms with Crippen LogP contribution in [0.3, 0.4) is 0 Å². The fourth-order valence-corrected chi connectivity index (χ4v) is 7.36. The van der Waals surface area contributed by atoms with E-state index in [4.69, 9.17) is 0 Å². The molecule has 0 spiro atoms. The highest BCUT2D eigenvalue weighted by Gasteiger charge is 2.62. The van der Waals surface area contributed by atoms with E-state index in [1.807, 2.05) is 13.0 Å². The van der Waals surface area contributed by atoms with Gasteiger partial charge in [0.2, 0.25) is 0 Å². The molecule has 4 aliphatic carbocycles. The second-order valence-electron chi connectivity index (χ2n) is 10.4. The molecule has 0 heterocycles. The molecule has 2 heteroatoms. The lowest BCUT2D eigenvalue weighted by molar-refractivity contribution is -0.114. The molecule has 0 radical (unpaired) electrons. The molecule has 2 unspecified atom stereocenters. The van der Waals surface area contributed by atoms with Crippen molar-refractivity contribution in [3.05, 3.63) is 58.2 Å². The van der Waals surface area contributed by atoms with E-state index in [1.54, 1.807) is 5.57 Å². The Hall–Kier alpha value is -2.11. The average molecular weight is 415 g/mol. The van der Waals surface area contributed by atoms with Crippen molar-refractivity contribution in [1.82, 2.24) is 0 Å². The summed E-state index contributed by atoms with van der Waals surface area (Å²) < 4.78 is 0. The smallest absolute Gasteiger partial charge is 0.156 e. The molecule has 1 aromatic carbocycles. The minimum absolute atomic E-state index is 0.204. The van der Waals surface area contributed by atoms with Crippen LogP contribution in [0.1, 0.15) is 82.8 Å². The van der Waals surface area contributed by atoms with Gasteiger partial charge in [0.25, 0.3) is 0 Å². The zero-order chi connectivity index (χ0) is 21.8. The standard InChI is InChI=1S/C29H34O2/c1-4-15-29(31)16-14-26-24-12-10-21-17-22(30)11-13-23(21)27(24)25(18-28(26,29)3)20-8-6-19(5-2)7-9-20/h6-9,17,24-26,31H,5,10-14,16,18H2,1-3H3/t24?,25-,26?,28+,29+/m1/s1. The Morgan fingerprint density at radius 1 is 1.13 bits per heavy atom. The van der Waals surface area contributed by atoms with Crippen molar-refractivity contribution in [3.63, 3.8) is 0 Å². The normalized spacial score (nSPS) is 36.7. The Morgan fingerprint density at radius 3 is 2.61 bits per heavy atom. The molecule has 2 fully saturated rings. The van der Waals surface area contributed by atoms with Gasteiger partial charge in [0.1, 0.15) is 5.60 Å². The van der Waals surface area contributed by atoms with E-state index in [0.717, 1.165) is 44.9 Å². The van der Waals surface area contributed by atoms with Crippen molar-refractivity contribution in [1.29, 1.82) is 0 Å². The topological polar surface area (TPSA) is 37.3 Å². The number of carbonyl (C=O) groups excluding carboxylic acids is 1. The summed E-state index contributed by atoms with van der Waals surface area (Å²) in [6.45, 7) is 6.35. The summed E-state index contributed by atoms with van der Waals surface area (Å²) in [6.07, 6.45) is 9.36. The van der Waals surface area contributed by atoms with Gasteiger partial charge in [-0.05, 0) is 92.1 Å². The van der Waals surface area contributed by atoms with E-state index in [1.165, 1.54) is 22.3 Å². The van der Waals surface area contributed by atoms with Gasteiger partial charge in [-0.15, -0.1) is 5.92 Å². The van der Waals surface area contributed by atoms with Gasteiger partial charge in [0.15, 0.2) is 5.78 Å². The molecule has 162 valence electrons. The van der Waals surface area contributed by atoms with Crippen LogP contribution in [0.5, 0.6) is 0 Å². The quantitative estimate of drug-likeness (QED) is 0.612. The first-order valence-electron chi connectivity index (χ1n) is 12.1. The zero-order valence-corrected chi connectivity index (χ0v) is 19.1. The molecule has 0 aromatic heterocycles. The molecule has 2 nitrogen and oxygen atoms in total. The highest BCUT2D eigenvalue weighted by molar-refractivity contribution is 5.93. The second-order valence-corrected chi connectivity index (χ2v) is 10.4. The minimum Gasteiger partial charge on any atom is -0.377 e. The van der Waals surface area contributed by atoms with Crippen LogP contribution in [0, 0.1) is 29.1 Å². The van der Waals surface area contributed by atoms with Crippen LogP contribution < -0.4 is 0 Å². The highest BCUT2D eigenvalue weighted by atomic mass is 16.3. The third-order valence-corrected chi connectivity index (χ3v) is 9.01. The van der Waals surface area contributed by atoms with E-state index < -0.39 is 5.60 Å². The van der Waals surface area contributed by atoms with E-state index in [-0.39, 0.29) is 11.2 Å². The molecule has 0 bridgehead atoms. The highest BCUT2D eigenvalue weighted by Crippen LogP contribution is 2.66. The number of allylic oxidation sites excluding steroid dienone is 4. The Morgan fingerprint density at radius 2 is 1.90 bits per heavy atom. The molecule has 2 saturated carbocycles. The zero-order valence-electron chi connectivity index (χ0n) is 19.1. The summed E-state index contributed by atoms with van der Waals surface area (Å²) in [4.78, 5) is 12.1. The van der Waals surface area contributed by atoms with Crippen molar-refractivity contribution < 1.29 is 9.90 Å². The maximum atomic E-state index is 12.1. The lowest BCUT2D eigenvalue weighted by atomic mass is 9.51. The predicted octanol–water partition coefficient (Wildman–Crippen LogP) is 5.90. The first-order valence-corrected chi connectivity index (χ1v) is 12.1. The van der Waals surface area contributed by atoms with Gasteiger partial charge in [-0.2, -0.15) is 0 Å². The molecule has 4 aliphatic rings. The summed E-state index contributed by atoms with van der Waals surface area (Å²) in [5, 5.41) is 11.7. The maximum absolute atomic E-state index is 12.1. The fraction of sp³-hybridized carbons (Fsp3) is 0.552. The monoisotopic (exact) mass is 414 g/mol. The Labute approximate surface area is 186 Å². The molecule has 5 atom stereocenters. The molecule has 31 heavy (non-hydrogen) atoms. The largest absolute Gasteiger partial charge is 0.377 e. The van der Waals surface area contributed by atoms with Gasteiger partial charge in [-0.25, -0.2) is 0 Å². The van der Waals surface area contributed by atoms with Gasteiger partial charge in [-0.3, -0.25) is 4.79 Å². The summed E-state index contributed by atoms with van der Waals surface area (Å²) in [5.41, 5.74) is 5.97. The molecule has 1 N–H and O–H groups in total. The number of aliphatic hydroxyl groups is 1. The number of rotatable bonds is 2. The van der Waals surface area contributed by atoms with Gasteiger partial charge < -0.3 is 5.11 Å². The van der Waals surface area contributed by atoms with E-state index >= 15 is 0 Å². The molecule has 0 aliphatic heterocycles.